The summed E-state index contributed by atoms with van der Waals surface area (Å²) in [7, 11) is -1.72. The second-order valence-electron chi connectivity index (χ2n) is 2.92. The molecule has 0 bridgehead atoms. The summed E-state index contributed by atoms with van der Waals surface area (Å²) < 4.78 is 45.9. The molecule has 7 heteroatoms. The molecule has 0 rings (SSSR count). The third-order valence-corrected chi connectivity index (χ3v) is 3.00. The molecule has 2 atom stereocenters. The highest BCUT2D eigenvalue weighted by molar-refractivity contribution is 7.85. The van der Waals surface area contributed by atoms with Crippen LogP contribution in [-0.4, -0.2) is 33.0 Å². The van der Waals surface area contributed by atoms with Gasteiger partial charge in [0.1, 0.15) is 0 Å². The average Bonchev–Trinajstić information content (AvgIpc) is 1.99. The Labute approximate surface area is 81.8 Å². The van der Waals surface area contributed by atoms with Gasteiger partial charge in [0, 0.05) is 22.3 Å². The molecule has 0 aliphatic rings. The number of rotatable bonds is 5. The van der Waals surface area contributed by atoms with Crippen LogP contribution in [0.25, 0.3) is 0 Å². The van der Waals surface area contributed by atoms with Gasteiger partial charge in [0.2, 0.25) is 0 Å². The van der Waals surface area contributed by atoms with Crippen LogP contribution in [0.5, 0.6) is 0 Å². The Morgan fingerprint density at radius 3 is 2.36 bits per heavy atom. The quantitative estimate of drug-likeness (QED) is 0.779. The van der Waals surface area contributed by atoms with Gasteiger partial charge in [-0.3, -0.25) is 9.00 Å². The van der Waals surface area contributed by atoms with Gasteiger partial charge in [-0.05, 0) is 0 Å². The van der Waals surface area contributed by atoms with Crippen molar-refractivity contribution in [3.8, 4) is 0 Å². The van der Waals surface area contributed by atoms with Gasteiger partial charge in [-0.1, -0.05) is 6.92 Å². The molecule has 0 aliphatic carbocycles. The second-order valence-corrected chi connectivity index (χ2v) is 4.54. The van der Waals surface area contributed by atoms with Gasteiger partial charge in [-0.15, -0.1) is 0 Å². The van der Waals surface area contributed by atoms with Gasteiger partial charge in [0.05, 0.1) is 12.3 Å². The molecule has 0 aliphatic heterocycles. The van der Waals surface area contributed by atoms with E-state index in [1.165, 1.54) is 6.92 Å². The van der Waals surface area contributed by atoms with Crippen molar-refractivity contribution < 1.29 is 27.3 Å². The summed E-state index contributed by atoms with van der Waals surface area (Å²) in [6.07, 6.45) is -5.46. The van der Waals surface area contributed by atoms with E-state index < -0.39 is 41.0 Å². The molecule has 2 unspecified atom stereocenters. The maximum Gasteiger partial charge on any atom is 0.390 e. The van der Waals surface area contributed by atoms with E-state index in [1.807, 2.05) is 0 Å². The largest absolute Gasteiger partial charge is 0.481 e. The Morgan fingerprint density at radius 1 is 1.50 bits per heavy atom. The maximum absolute atomic E-state index is 11.7. The molecule has 0 heterocycles. The summed E-state index contributed by atoms with van der Waals surface area (Å²) in [6.45, 7) is 1.31. The number of hydrogen-bond acceptors (Lipinski definition) is 2. The molecule has 0 saturated carbocycles. The third kappa shape index (κ3) is 6.88. The molecule has 0 radical (unpaired) electrons. The number of carbonyl (C=O) groups is 1. The van der Waals surface area contributed by atoms with Gasteiger partial charge >= 0.3 is 12.1 Å². The minimum atomic E-state index is -4.33. The van der Waals surface area contributed by atoms with Crippen LogP contribution in [0, 0.1) is 5.92 Å². The van der Waals surface area contributed by atoms with Crippen molar-refractivity contribution >= 4 is 16.8 Å². The van der Waals surface area contributed by atoms with Crippen molar-refractivity contribution in [3.05, 3.63) is 0 Å². The van der Waals surface area contributed by atoms with E-state index in [4.69, 9.17) is 5.11 Å². The van der Waals surface area contributed by atoms with Crippen molar-refractivity contribution in [3.63, 3.8) is 0 Å². The van der Waals surface area contributed by atoms with Crippen LogP contribution in [0.3, 0.4) is 0 Å². The monoisotopic (exact) mass is 232 g/mol. The highest BCUT2D eigenvalue weighted by atomic mass is 32.2. The van der Waals surface area contributed by atoms with Crippen LogP contribution < -0.4 is 0 Å². The normalized spacial score (nSPS) is 16.3. The molecule has 1 N–H and O–H groups in total. The van der Waals surface area contributed by atoms with E-state index in [9.17, 15) is 22.2 Å². The third-order valence-electron chi connectivity index (χ3n) is 1.47. The SMILES string of the molecule is CC(CS(=O)CCC(F)(F)F)C(=O)O. The molecule has 0 saturated heterocycles. The zero-order valence-electron chi connectivity index (χ0n) is 7.50. The van der Waals surface area contributed by atoms with E-state index in [0.29, 0.717) is 0 Å². The van der Waals surface area contributed by atoms with Crippen LogP contribution >= 0.6 is 0 Å². The van der Waals surface area contributed by atoms with Crippen molar-refractivity contribution in [1.29, 1.82) is 0 Å². The Morgan fingerprint density at radius 2 is 2.00 bits per heavy atom. The maximum atomic E-state index is 11.7. The van der Waals surface area contributed by atoms with E-state index in [0.717, 1.165) is 0 Å². The first-order valence-corrected chi connectivity index (χ1v) is 5.35. The van der Waals surface area contributed by atoms with Crippen molar-refractivity contribution in [2.75, 3.05) is 11.5 Å². The molecule has 14 heavy (non-hydrogen) atoms. The number of carboxylic acids is 1. The first kappa shape index (κ1) is 13.4. The van der Waals surface area contributed by atoms with Gasteiger partial charge in [0.25, 0.3) is 0 Å². The molecule has 84 valence electrons. The second kappa shape index (κ2) is 5.33. The molecular weight excluding hydrogens is 221 g/mol. The minimum absolute atomic E-state index is 0.231. The Kier molecular flexibility index (Phi) is 5.11. The predicted octanol–water partition coefficient (Wildman–Crippen LogP) is 1.41. The predicted molar refractivity (Wildman–Crippen MR) is 45.3 cm³/mol. The summed E-state index contributed by atoms with van der Waals surface area (Å²) in [5.41, 5.74) is 0. The molecule has 0 aromatic heterocycles. The van der Waals surface area contributed by atoms with Gasteiger partial charge in [-0.2, -0.15) is 13.2 Å². The number of carboxylic acid groups (broad SMARTS) is 1. The smallest absolute Gasteiger partial charge is 0.390 e. The lowest BCUT2D eigenvalue weighted by Crippen LogP contribution is -2.21. The molecule has 3 nitrogen and oxygen atoms in total. The minimum Gasteiger partial charge on any atom is -0.481 e. The summed E-state index contributed by atoms with van der Waals surface area (Å²) in [5, 5.41) is 8.40. The van der Waals surface area contributed by atoms with Crippen LogP contribution in [0.2, 0.25) is 0 Å². The fourth-order valence-electron chi connectivity index (χ4n) is 0.663. The fraction of sp³-hybridized carbons (Fsp3) is 0.857. The standard InChI is InChI=1S/C7H11F3O3S/c1-5(6(11)12)4-14(13)3-2-7(8,9)10/h5H,2-4H2,1H3,(H,11,12). The van der Waals surface area contributed by atoms with Crippen LogP contribution in [-0.2, 0) is 15.6 Å². The number of halogens is 3. The number of aliphatic carboxylic acids is 1. The lowest BCUT2D eigenvalue weighted by molar-refractivity contribution is -0.140. The average molecular weight is 232 g/mol. The first-order valence-electron chi connectivity index (χ1n) is 3.87. The molecule has 0 spiro atoms. The van der Waals surface area contributed by atoms with Crippen LogP contribution in [0.4, 0.5) is 13.2 Å². The summed E-state index contributed by atoms with van der Waals surface area (Å²) in [4.78, 5) is 10.3. The molecule has 0 fully saturated rings. The van der Waals surface area contributed by atoms with E-state index >= 15 is 0 Å². The number of hydrogen-bond donors (Lipinski definition) is 1. The highest BCUT2D eigenvalue weighted by Gasteiger charge is 2.28. The van der Waals surface area contributed by atoms with E-state index in [1.54, 1.807) is 0 Å². The first-order chi connectivity index (χ1) is 6.22. The Balaban J connectivity index is 3.83. The molecule has 0 amide bonds. The Hall–Kier alpha value is -0.590. The van der Waals surface area contributed by atoms with Gasteiger partial charge in [-0.25, -0.2) is 0 Å². The highest BCUT2D eigenvalue weighted by Crippen LogP contribution is 2.19. The van der Waals surface area contributed by atoms with Gasteiger partial charge < -0.3 is 5.11 Å². The molecular formula is C7H11F3O3S. The lowest BCUT2D eigenvalue weighted by atomic mass is 10.2. The van der Waals surface area contributed by atoms with E-state index in [-0.39, 0.29) is 5.75 Å². The topological polar surface area (TPSA) is 54.4 Å². The van der Waals surface area contributed by atoms with Crippen LogP contribution in [0.15, 0.2) is 0 Å². The molecule has 0 aromatic rings. The van der Waals surface area contributed by atoms with Gasteiger partial charge in [0.15, 0.2) is 0 Å². The zero-order chi connectivity index (χ0) is 11.4. The summed E-state index contributed by atoms with van der Waals surface area (Å²) in [6, 6.07) is 0. The number of alkyl halides is 3. The van der Waals surface area contributed by atoms with Crippen molar-refractivity contribution in [2.24, 2.45) is 5.92 Å². The molecule has 0 aromatic carbocycles. The summed E-state index contributed by atoms with van der Waals surface area (Å²) >= 11 is 0. The zero-order valence-corrected chi connectivity index (χ0v) is 8.32. The van der Waals surface area contributed by atoms with Crippen molar-refractivity contribution in [1.82, 2.24) is 0 Å². The Bertz CT molecular complexity index is 227. The fourth-order valence-corrected chi connectivity index (χ4v) is 1.99. The summed E-state index contributed by atoms with van der Waals surface area (Å²) in [5.74, 6) is -2.78. The van der Waals surface area contributed by atoms with Crippen molar-refractivity contribution in [2.45, 2.75) is 19.5 Å². The van der Waals surface area contributed by atoms with Crippen LogP contribution in [0.1, 0.15) is 13.3 Å². The lowest BCUT2D eigenvalue weighted by Gasteiger charge is -2.07. The van der Waals surface area contributed by atoms with E-state index in [2.05, 4.69) is 0 Å².